The van der Waals surface area contributed by atoms with Crippen LogP contribution in [0.4, 0.5) is 4.39 Å². The maximum Gasteiger partial charge on any atom is 0.252 e. The Labute approximate surface area is 147 Å². The lowest BCUT2D eigenvalue weighted by Crippen LogP contribution is -2.31. The van der Waals surface area contributed by atoms with E-state index >= 15 is 0 Å². The molecule has 7 nitrogen and oxygen atoms in total. The number of aromatic nitrogens is 5. The van der Waals surface area contributed by atoms with Crippen molar-refractivity contribution < 1.29 is 9.18 Å². The molecule has 2 heterocycles. The van der Waals surface area contributed by atoms with Crippen LogP contribution < -0.4 is 5.32 Å². The fourth-order valence-corrected chi connectivity index (χ4v) is 2.80. The highest BCUT2D eigenvalue weighted by atomic mass is 19.1. The molecule has 0 aliphatic rings. The molecule has 2 N–H and O–H groups in total. The van der Waals surface area contributed by atoms with E-state index < -0.39 is 6.04 Å². The van der Waals surface area contributed by atoms with Gasteiger partial charge in [-0.3, -0.25) is 4.79 Å². The number of nitrogens with one attached hydrogen (secondary N) is 2. The third-order valence-electron chi connectivity index (χ3n) is 4.17. The number of amides is 1. The smallest absolute Gasteiger partial charge is 0.252 e. The number of aromatic amines is 1. The Morgan fingerprint density at radius 3 is 2.65 bits per heavy atom. The van der Waals surface area contributed by atoms with Gasteiger partial charge in [-0.1, -0.05) is 12.1 Å². The minimum atomic E-state index is -0.517. The molecule has 0 unspecified atom stereocenters. The molecule has 0 saturated heterocycles. The van der Waals surface area contributed by atoms with Crippen LogP contribution in [0.3, 0.4) is 0 Å². The first-order chi connectivity index (χ1) is 12.6. The fourth-order valence-electron chi connectivity index (χ4n) is 2.80. The minimum absolute atomic E-state index is 0.285. The van der Waals surface area contributed by atoms with Gasteiger partial charge in [-0.15, -0.1) is 0 Å². The van der Waals surface area contributed by atoms with Crippen molar-refractivity contribution in [2.45, 2.75) is 6.04 Å². The van der Waals surface area contributed by atoms with Crippen LogP contribution in [0.5, 0.6) is 0 Å². The van der Waals surface area contributed by atoms with Crippen LogP contribution in [-0.4, -0.2) is 30.9 Å². The molecule has 2 aromatic heterocycles. The first-order valence-corrected chi connectivity index (χ1v) is 7.96. The third kappa shape index (κ3) is 2.92. The van der Waals surface area contributed by atoms with E-state index in [1.807, 2.05) is 11.6 Å². The molecule has 0 bridgehead atoms. The lowest BCUT2D eigenvalue weighted by atomic mass is 10.0. The van der Waals surface area contributed by atoms with E-state index in [1.165, 1.54) is 12.1 Å². The lowest BCUT2D eigenvalue weighted by Gasteiger charge is -2.19. The van der Waals surface area contributed by atoms with Gasteiger partial charge in [-0.05, 0) is 35.9 Å². The second kappa shape index (κ2) is 6.40. The van der Waals surface area contributed by atoms with Gasteiger partial charge in [0.05, 0.1) is 0 Å². The summed E-state index contributed by atoms with van der Waals surface area (Å²) in [6, 6.07) is 10.5. The minimum Gasteiger partial charge on any atom is -0.338 e. The van der Waals surface area contributed by atoms with Crippen LogP contribution in [0.25, 0.3) is 11.0 Å². The second-order valence-corrected chi connectivity index (χ2v) is 5.88. The van der Waals surface area contributed by atoms with Gasteiger partial charge in [-0.2, -0.15) is 15.4 Å². The van der Waals surface area contributed by atoms with Crippen molar-refractivity contribution in [3.63, 3.8) is 0 Å². The maximum absolute atomic E-state index is 13.3. The number of imidazole rings is 1. The Morgan fingerprint density at radius 2 is 1.92 bits per heavy atom. The average molecular weight is 350 g/mol. The number of H-pyrrole nitrogens is 1. The molecule has 26 heavy (non-hydrogen) atoms. The zero-order valence-electron chi connectivity index (χ0n) is 13.8. The number of benzene rings is 2. The van der Waals surface area contributed by atoms with E-state index in [0.717, 1.165) is 5.56 Å². The number of carbonyl (C=O) groups is 1. The molecule has 4 aromatic rings. The number of hydrogen-bond donors (Lipinski definition) is 2. The van der Waals surface area contributed by atoms with E-state index in [2.05, 4.69) is 25.7 Å². The Balaban J connectivity index is 1.68. The van der Waals surface area contributed by atoms with Gasteiger partial charge in [0.15, 0.2) is 0 Å². The quantitative estimate of drug-likeness (QED) is 0.591. The van der Waals surface area contributed by atoms with Gasteiger partial charge < -0.3 is 9.88 Å². The number of nitrogens with zero attached hydrogens (tertiary/aromatic N) is 4. The molecule has 130 valence electrons. The summed E-state index contributed by atoms with van der Waals surface area (Å²) in [5.74, 6) is 0.0230. The maximum atomic E-state index is 13.3. The number of aryl methyl sites for hydroxylation is 1. The molecule has 4 rings (SSSR count). The summed E-state index contributed by atoms with van der Waals surface area (Å²) in [5.41, 5.74) is 2.47. The fraction of sp³-hybridized carbons (Fsp3) is 0.111. The normalized spacial score (nSPS) is 12.2. The number of rotatable bonds is 4. The molecule has 0 saturated carbocycles. The summed E-state index contributed by atoms with van der Waals surface area (Å²) < 4.78 is 15.1. The van der Waals surface area contributed by atoms with E-state index in [4.69, 9.17) is 0 Å². The van der Waals surface area contributed by atoms with E-state index in [-0.39, 0.29) is 11.7 Å². The predicted octanol–water partition coefficient (Wildman–Crippen LogP) is 2.35. The summed E-state index contributed by atoms with van der Waals surface area (Å²) in [5, 5.41) is 13.5. The van der Waals surface area contributed by atoms with Crippen molar-refractivity contribution in [2.75, 3.05) is 0 Å². The molecule has 0 fully saturated rings. The Kier molecular flexibility index (Phi) is 3.92. The number of carbonyl (C=O) groups excluding carboxylic acids is 1. The standard InChI is InChI=1S/C18H15FN6O/c1-25-9-8-20-17(25)16(11-2-5-13(19)6-3-11)21-18(26)12-4-7-14-15(10-12)23-24-22-14/h2-10,16H,1H3,(H,21,26)(H,22,23,24)/t16-/m1/s1. The van der Waals surface area contributed by atoms with Crippen molar-refractivity contribution >= 4 is 16.9 Å². The van der Waals surface area contributed by atoms with Gasteiger partial charge >= 0.3 is 0 Å². The number of halogens is 1. The SMILES string of the molecule is Cn1ccnc1[C@H](NC(=O)c1ccc2n[nH]nc2c1)c1ccc(F)cc1. The van der Waals surface area contributed by atoms with Crippen LogP contribution >= 0.6 is 0 Å². The molecular weight excluding hydrogens is 335 g/mol. The number of fused-ring (bicyclic) bond motifs is 1. The molecular formula is C18H15FN6O. The Bertz CT molecular complexity index is 1070. The predicted molar refractivity (Wildman–Crippen MR) is 92.8 cm³/mol. The first kappa shape index (κ1) is 15.9. The van der Waals surface area contributed by atoms with Crippen molar-refractivity contribution in [3.8, 4) is 0 Å². The first-order valence-electron chi connectivity index (χ1n) is 7.96. The second-order valence-electron chi connectivity index (χ2n) is 5.88. The van der Waals surface area contributed by atoms with Crippen molar-refractivity contribution in [2.24, 2.45) is 7.05 Å². The van der Waals surface area contributed by atoms with Crippen LogP contribution in [0.15, 0.2) is 54.9 Å². The van der Waals surface area contributed by atoms with Crippen molar-refractivity contribution in [3.05, 3.63) is 77.6 Å². The highest BCUT2D eigenvalue weighted by Gasteiger charge is 2.22. The van der Waals surface area contributed by atoms with Gasteiger partial charge in [0.1, 0.15) is 28.7 Å². The summed E-state index contributed by atoms with van der Waals surface area (Å²) >= 11 is 0. The van der Waals surface area contributed by atoms with Crippen molar-refractivity contribution in [1.29, 1.82) is 0 Å². The van der Waals surface area contributed by atoms with Gasteiger partial charge in [0.25, 0.3) is 5.91 Å². The highest BCUT2D eigenvalue weighted by molar-refractivity contribution is 5.97. The molecule has 1 amide bonds. The van der Waals surface area contributed by atoms with Gasteiger partial charge in [0.2, 0.25) is 0 Å². The van der Waals surface area contributed by atoms with Crippen LogP contribution in [-0.2, 0) is 7.05 Å². The zero-order valence-corrected chi connectivity index (χ0v) is 13.8. The molecule has 0 aliphatic heterocycles. The zero-order chi connectivity index (χ0) is 18.1. The van der Waals surface area contributed by atoms with Gasteiger partial charge in [0, 0.05) is 25.0 Å². The summed E-state index contributed by atoms with van der Waals surface area (Å²) in [6.07, 6.45) is 3.44. The molecule has 1 atom stereocenters. The largest absolute Gasteiger partial charge is 0.338 e. The lowest BCUT2D eigenvalue weighted by molar-refractivity contribution is 0.0941. The third-order valence-corrected chi connectivity index (χ3v) is 4.17. The van der Waals surface area contributed by atoms with E-state index in [0.29, 0.717) is 22.4 Å². The van der Waals surface area contributed by atoms with E-state index in [9.17, 15) is 9.18 Å². The summed E-state index contributed by atoms with van der Waals surface area (Å²) in [6.45, 7) is 0. The van der Waals surface area contributed by atoms with E-state index in [1.54, 1.807) is 42.7 Å². The molecule has 0 spiro atoms. The molecule has 0 aliphatic carbocycles. The molecule has 0 radical (unpaired) electrons. The van der Waals surface area contributed by atoms with Gasteiger partial charge in [-0.25, -0.2) is 9.37 Å². The topological polar surface area (TPSA) is 88.5 Å². The van der Waals surface area contributed by atoms with Crippen LogP contribution in [0.1, 0.15) is 27.8 Å². The average Bonchev–Trinajstić information content (AvgIpc) is 3.28. The van der Waals surface area contributed by atoms with Crippen LogP contribution in [0.2, 0.25) is 0 Å². The monoisotopic (exact) mass is 350 g/mol. The number of hydrogen-bond acceptors (Lipinski definition) is 4. The van der Waals surface area contributed by atoms with Crippen molar-refractivity contribution in [1.82, 2.24) is 30.3 Å². The molecule has 2 aromatic carbocycles. The Hall–Kier alpha value is -3.55. The summed E-state index contributed by atoms with van der Waals surface area (Å²) in [7, 11) is 1.84. The van der Waals surface area contributed by atoms with Crippen LogP contribution in [0, 0.1) is 5.82 Å². The Morgan fingerprint density at radius 1 is 1.15 bits per heavy atom. The highest BCUT2D eigenvalue weighted by Crippen LogP contribution is 2.22. The summed E-state index contributed by atoms with van der Waals surface area (Å²) in [4.78, 5) is 17.1. The molecule has 8 heteroatoms.